The summed E-state index contributed by atoms with van der Waals surface area (Å²) in [5.41, 5.74) is 2.00. The molecule has 0 amide bonds. The van der Waals surface area contributed by atoms with Crippen LogP contribution < -0.4 is 4.74 Å². The predicted octanol–water partition coefficient (Wildman–Crippen LogP) is 3.87. The molecule has 0 atom stereocenters. The van der Waals surface area contributed by atoms with Crippen molar-refractivity contribution in [2.24, 2.45) is 0 Å². The van der Waals surface area contributed by atoms with E-state index in [-0.39, 0.29) is 5.82 Å². The molecular formula is C12H11FOS. The highest BCUT2D eigenvalue weighted by Crippen LogP contribution is 2.34. The molecule has 0 saturated carbocycles. The summed E-state index contributed by atoms with van der Waals surface area (Å²) in [4.78, 5) is 1.03. The molecule has 15 heavy (non-hydrogen) atoms. The van der Waals surface area contributed by atoms with Gasteiger partial charge in [0.15, 0.2) is 5.06 Å². The average molecular weight is 222 g/mol. The van der Waals surface area contributed by atoms with Crippen LogP contribution in [-0.2, 0) is 0 Å². The molecule has 0 bridgehead atoms. The number of ether oxygens (including phenoxy) is 1. The second-order valence-corrected chi connectivity index (χ2v) is 4.33. The zero-order valence-corrected chi connectivity index (χ0v) is 9.40. The maximum Gasteiger partial charge on any atom is 0.173 e. The maximum atomic E-state index is 13.1. The number of rotatable bonds is 2. The number of hydrogen-bond donors (Lipinski definition) is 0. The Morgan fingerprint density at radius 2 is 2.00 bits per heavy atom. The SMILES string of the molecule is COc1ccc(-c2cc(F)ccc2C)s1. The van der Waals surface area contributed by atoms with Gasteiger partial charge in [-0.1, -0.05) is 17.4 Å². The van der Waals surface area contributed by atoms with Gasteiger partial charge in [0.2, 0.25) is 0 Å². The van der Waals surface area contributed by atoms with Gasteiger partial charge in [0.25, 0.3) is 0 Å². The van der Waals surface area contributed by atoms with Gasteiger partial charge in [0.05, 0.1) is 7.11 Å². The molecule has 78 valence electrons. The van der Waals surface area contributed by atoms with E-state index in [1.54, 1.807) is 19.2 Å². The van der Waals surface area contributed by atoms with Gasteiger partial charge < -0.3 is 4.74 Å². The molecule has 0 aliphatic heterocycles. The maximum absolute atomic E-state index is 13.1. The summed E-state index contributed by atoms with van der Waals surface area (Å²) < 4.78 is 18.2. The lowest BCUT2D eigenvalue weighted by molar-refractivity contribution is 0.427. The number of benzene rings is 1. The first-order valence-corrected chi connectivity index (χ1v) is 5.42. The van der Waals surface area contributed by atoms with Crippen LogP contribution in [0.1, 0.15) is 5.56 Å². The second-order valence-electron chi connectivity index (χ2n) is 3.28. The Bertz CT molecular complexity index is 476. The molecule has 0 spiro atoms. The average Bonchev–Trinajstić information content (AvgIpc) is 2.70. The number of methoxy groups -OCH3 is 1. The van der Waals surface area contributed by atoms with Crippen molar-refractivity contribution in [3.8, 4) is 15.5 Å². The Balaban J connectivity index is 2.48. The van der Waals surface area contributed by atoms with Crippen LogP contribution >= 0.6 is 11.3 Å². The van der Waals surface area contributed by atoms with Crippen molar-refractivity contribution in [1.82, 2.24) is 0 Å². The highest BCUT2D eigenvalue weighted by atomic mass is 32.1. The van der Waals surface area contributed by atoms with E-state index in [0.717, 1.165) is 21.1 Å². The molecule has 0 saturated heterocycles. The standard InChI is InChI=1S/C12H11FOS/c1-8-3-4-9(13)7-10(8)11-5-6-12(14-2)15-11/h3-7H,1-2H3. The van der Waals surface area contributed by atoms with E-state index in [9.17, 15) is 4.39 Å². The molecule has 0 unspecified atom stereocenters. The molecule has 0 N–H and O–H groups in total. The van der Waals surface area contributed by atoms with Crippen molar-refractivity contribution in [3.05, 3.63) is 41.7 Å². The van der Waals surface area contributed by atoms with Crippen LogP contribution in [0.4, 0.5) is 4.39 Å². The number of halogens is 1. The molecular weight excluding hydrogens is 211 g/mol. The first kappa shape index (κ1) is 10.2. The van der Waals surface area contributed by atoms with E-state index in [0.29, 0.717) is 0 Å². The number of thiophene rings is 1. The number of aryl methyl sites for hydroxylation is 1. The van der Waals surface area contributed by atoms with Crippen LogP contribution in [0.2, 0.25) is 0 Å². The van der Waals surface area contributed by atoms with Gasteiger partial charge in [-0.3, -0.25) is 0 Å². The molecule has 1 nitrogen and oxygen atoms in total. The lowest BCUT2D eigenvalue weighted by Crippen LogP contribution is -1.82. The van der Waals surface area contributed by atoms with Gasteiger partial charge in [-0.15, -0.1) is 0 Å². The third-order valence-corrected chi connectivity index (χ3v) is 3.33. The minimum atomic E-state index is -0.206. The summed E-state index contributed by atoms with van der Waals surface area (Å²) in [6, 6.07) is 8.66. The van der Waals surface area contributed by atoms with E-state index in [1.807, 2.05) is 19.1 Å². The van der Waals surface area contributed by atoms with Crippen LogP contribution in [0.25, 0.3) is 10.4 Å². The lowest BCUT2D eigenvalue weighted by atomic mass is 10.1. The fraction of sp³-hybridized carbons (Fsp3) is 0.167. The van der Waals surface area contributed by atoms with E-state index in [1.165, 1.54) is 17.4 Å². The second kappa shape index (κ2) is 4.03. The first-order valence-electron chi connectivity index (χ1n) is 4.61. The van der Waals surface area contributed by atoms with Crippen LogP contribution in [-0.4, -0.2) is 7.11 Å². The van der Waals surface area contributed by atoms with Gasteiger partial charge in [0.1, 0.15) is 5.82 Å². The molecule has 0 fully saturated rings. The van der Waals surface area contributed by atoms with Crippen LogP contribution in [0, 0.1) is 12.7 Å². The monoisotopic (exact) mass is 222 g/mol. The Labute approximate surface area is 92.1 Å². The van der Waals surface area contributed by atoms with E-state index >= 15 is 0 Å². The van der Waals surface area contributed by atoms with E-state index in [4.69, 9.17) is 4.74 Å². The third-order valence-electron chi connectivity index (χ3n) is 2.25. The van der Waals surface area contributed by atoms with Crippen LogP contribution in [0.5, 0.6) is 5.06 Å². The predicted molar refractivity (Wildman–Crippen MR) is 61.0 cm³/mol. The zero-order chi connectivity index (χ0) is 10.8. The molecule has 0 aliphatic carbocycles. The molecule has 1 aromatic heterocycles. The summed E-state index contributed by atoms with van der Waals surface area (Å²) in [5.74, 6) is -0.206. The van der Waals surface area contributed by atoms with Crippen molar-refractivity contribution in [1.29, 1.82) is 0 Å². The van der Waals surface area contributed by atoms with Crippen LogP contribution in [0.15, 0.2) is 30.3 Å². The lowest BCUT2D eigenvalue weighted by Gasteiger charge is -2.02. The van der Waals surface area contributed by atoms with Gasteiger partial charge in [0, 0.05) is 4.88 Å². The van der Waals surface area contributed by atoms with Gasteiger partial charge in [-0.05, 0) is 42.3 Å². The summed E-state index contributed by atoms with van der Waals surface area (Å²) in [5, 5.41) is 0.841. The Hall–Kier alpha value is -1.35. The van der Waals surface area contributed by atoms with Crippen molar-refractivity contribution < 1.29 is 9.13 Å². The molecule has 3 heteroatoms. The smallest absolute Gasteiger partial charge is 0.173 e. The third kappa shape index (κ3) is 2.02. The first-order chi connectivity index (χ1) is 7.20. The van der Waals surface area contributed by atoms with Crippen LogP contribution in [0.3, 0.4) is 0 Å². The largest absolute Gasteiger partial charge is 0.487 e. The van der Waals surface area contributed by atoms with Crippen molar-refractivity contribution in [2.75, 3.05) is 7.11 Å². The summed E-state index contributed by atoms with van der Waals surface area (Å²) in [7, 11) is 1.63. The minimum Gasteiger partial charge on any atom is -0.487 e. The van der Waals surface area contributed by atoms with E-state index in [2.05, 4.69) is 0 Å². The van der Waals surface area contributed by atoms with Gasteiger partial charge >= 0.3 is 0 Å². The van der Waals surface area contributed by atoms with Crippen molar-refractivity contribution in [3.63, 3.8) is 0 Å². The van der Waals surface area contributed by atoms with E-state index < -0.39 is 0 Å². The Morgan fingerprint density at radius 3 is 2.67 bits per heavy atom. The summed E-state index contributed by atoms with van der Waals surface area (Å²) >= 11 is 1.52. The molecule has 1 aromatic carbocycles. The van der Waals surface area contributed by atoms with Crippen molar-refractivity contribution in [2.45, 2.75) is 6.92 Å². The minimum absolute atomic E-state index is 0.206. The summed E-state index contributed by atoms with van der Waals surface area (Å²) in [6.07, 6.45) is 0. The fourth-order valence-electron chi connectivity index (χ4n) is 1.43. The quantitative estimate of drug-likeness (QED) is 0.749. The summed E-state index contributed by atoms with van der Waals surface area (Å²) in [6.45, 7) is 1.97. The van der Waals surface area contributed by atoms with Crippen molar-refractivity contribution >= 4 is 11.3 Å². The molecule has 1 heterocycles. The van der Waals surface area contributed by atoms with Gasteiger partial charge in [-0.2, -0.15) is 0 Å². The van der Waals surface area contributed by atoms with Gasteiger partial charge in [-0.25, -0.2) is 4.39 Å². The molecule has 0 radical (unpaired) electrons. The Morgan fingerprint density at radius 1 is 1.20 bits per heavy atom. The fourth-order valence-corrected chi connectivity index (χ4v) is 2.34. The molecule has 0 aliphatic rings. The highest BCUT2D eigenvalue weighted by Gasteiger charge is 2.06. The number of hydrogen-bond acceptors (Lipinski definition) is 2. The molecule has 2 rings (SSSR count). The Kier molecular flexibility index (Phi) is 2.73. The molecule has 2 aromatic rings. The topological polar surface area (TPSA) is 9.23 Å². The highest BCUT2D eigenvalue weighted by molar-refractivity contribution is 7.17. The normalized spacial score (nSPS) is 10.3. The zero-order valence-electron chi connectivity index (χ0n) is 8.58.